The number of carboxylic acid groups (broad SMARTS) is 2. The van der Waals surface area contributed by atoms with Crippen LogP contribution in [0.2, 0.25) is 0 Å². The molecule has 0 bridgehead atoms. The van der Waals surface area contributed by atoms with Crippen molar-refractivity contribution in [1.82, 2.24) is 5.32 Å². The standard InChI is InChI=1S/C20H35NO5/c22-18(15-16-20(25)26)21-17-13-11-9-7-5-3-1-2-4-6-8-10-12-14-19(23)24/h15-16H,1-14,17H2,(H,21,22)(H,23,24)(H,25,26). The van der Waals surface area contributed by atoms with Crippen LogP contribution in [0.25, 0.3) is 0 Å². The first-order chi connectivity index (χ1) is 12.5. The van der Waals surface area contributed by atoms with Gasteiger partial charge >= 0.3 is 11.9 Å². The Kier molecular flexibility index (Phi) is 16.7. The highest BCUT2D eigenvalue weighted by Crippen LogP contribution is 2.12. The maximum absolute atomic E-state index is 11.2. The molecule has 0 atom stereocenters. The van der Waals surface area contributed by atoms with Gasteiger partial charge in [0.15, 0.2) is 0 Å². The van der Waals surface area contributed by atoms with E-state index in [1.165, 1.54) is 51.4 Å². The maximum atomic E-state index is 11.2. The molecule has 0 saturated heterocycles. The van der Waals surface area contributed by atoms with Crippen LogP contribution in [0.4, 0.5) is 0 Å². The van der Waals surface area contributed by atoms with Crippen molar-refractivity contribution in [2.24, 2.45) is 0 Å². The van der Waals surface area contributed by atoms with Crippen LogP contribution >= 0.6 is 0 Å². The molecule has 0 aliphatic carbocycles. The fourth-order valence-electron chi connectivity index (χ4n) is 2.76. The first kappa shape index (κ1) is 24.1. The summed E-state index contributed by atoms with van der Waals surface area (Å²) < 4.78 is 0. The fraction of sp³-hybridized carbons (Fsp3) is 0.750. The van der Waals surface area contributed by atoms with Crippen LogP contribution in [0.5, 0.6) is 0 Å². The molecule has 0 fully saturated rings. The molecule has 0 spiro atoms. The van der Waals surface area contributed by atoms with Crippen LogP contribution in [-0.2, 0) is 14.4 Å². The predicted octanol–water partition coefficient (Wildman–Crippen LogP) is 4.29. The van der Waals surface area contributed by atoms with Crippen molar-refractivity contribution >= 4 is 17.8 Å². The van der Waals surface area contributed by atoms with Gasteiger partial charge in [-0.05, 0) is 12.8 Å². The summed E-state index contributed by atoms with van der Waals surface area (Å²) in [7, 11) is 0. The van der Waals surface area contributed by atoms with Crippen molar-refractivity contribution in [3.8, 4) is 0 Å². The molecule has 0 aliphatic heterocycles. The zero-order valence-electron chi connectivity index (χ0n) is 15.9. The Morgan fingerprint density at radius 3 is 1.46 bits per heavy atom. The number of hydrogen-bond donors (Lipinski definition) is 3. The van der Waals surface area contributed by atoms with Crippen molar-refractivity contribution < 1.29 is 24.6 Å². The number of carbonyl (C=O) groups is 3. The van der Waals surface area contributed by atoms with Gasteiger partial charge < -0.3 is 15.5 Å². The molecule has 0 heterocycles. The molecule has 150 valence electrons. The van der Waals surface area contributed by atoms with Gasteiger partial charge in [-0.3, -0.25) is 9.59 Å². The van der Waals surface area contributed by atoms with E-state index in [9.17, 15) is 14.4 Å². The number of rotatable bonds is 18. The van der Waals surface area contributed by atoms with Gasteiger partial charge in [0.25, 0.3) is 0 Å². The number of aliphatic carboxylic acids is 2. The Bertz CT molecular complexity index is 420. The van der Waals surface area contributed by atoms with E-state index in [-0.39, 0.29) is 5.91 Å². The SMILES string of the molecule is O=C(O)C=CC(=O)NCCCCCCCCCCCCCCCC(=O)O. The predicted molar refractivity (Wildman–Crippen MR) is 102 cm³/mol. The van der Waals surface area contributed by atoms with E-state index in [4.69, 9.17) is 10.2 Å². The second-order valence-corrected chi connectivity index (χ2v) is 6.70. The maximum Gasteiger partial charge on any atom is 0.328 e. The summed E-state index contributed by atoms with van der Waals surface area (Å²) >= 11 is 0. The molecule has 3 N–H and O–H groups in total. The summed E-state index contributed by atoms with van der Waals surface area (Å²) in [5.41, 5.74) is 0. The summed E-state index contributed by atoms with van der Waals surface area (Å²) in [5.74, 6) is -2.16. The molecular formula is C20H35NO5. The van der Waals surface area contributed by atoms with Crippen LogP contribution in [0.3, 0.4) is 0 Å². The summed E-state index contributed by atoms with van der Waals surface area (Å²) in [4.78, 5) is 31.8. The normalized spacial score (nSPS) is 10.9. The number of hydrogen-bond acceptors (Lipinski definition) is 3. The Morgan fingerprint density at radius 2 is 1.04 bits per heavy atom. The molecule has 0 unspecified atom stereocenters. The Labute approximate surface area is 157 Å². The van der Waals surface area contributed by atoms with E-state index in [1.807, 2.05) is 0 Å². The van der Waals surface area contributed by atoms with E-state index in [2.05, 4.69) is 5.32 Å². The lowest BCUT2D eigenvalue weighted by Crippen LogP contribution is -2.22. The Balaban J connectivity index is 3.17. The van der Waals surface area contributed by atoms with Crippen molar-refractivity contribution in [3.63, 3.8) is 0 Å². The average Bonchev–Trinajstić information content (AvgIpc) is 2.59. The lowest BCUT2D eigenvalue weighted by molar-refractivity contribution is -0.137. The topological polar surface area (TPSA) is 104 Å². The molecule has 6 nitrogen and oxygen atoms in total. The first-order valence-corrected chi connectivity index (χ1v) is 9.93. The molecule has 6 heteroatoms. The molecule has 0 aliphatic rings. The lowest BCUT2D eigenvalue weighted by atomic mass is 10.0. The van der Waals surface area contributed by atoms with Crippen LogP contribution in [0.15, 0.2) is 12.2 Å². The van der Waals surface area contributed by atoms with Gasteiger partial charge in [-0.2, -0.15) is 0 Å². The van der Waals surface area contributed by atoms with Gasteiger partial charge in [0.1, 0.15) is 0 Å². The lowest BCUT2D eigenvalue weighted by Gasteiger charge is -2.04. The minimum absolute atomic E-state index is 0.300. The van der Waals surface area contributed by atoms with E-state index in [0.717, 1.165) is 44.3 Å². The number of nitrogens with one attached hydrogen (secondary N) is 1. The average molecular weight is 370 g/mol. The molecule has 26 heavy (non-hydrogen) atoms. The van der Waals surface area contributed by atoms with E-state index >= 15 is 0 Å². The zero-order valence-corrected chi connectivity index (χ0v) is 15.9. The third kappa shape index (κ3) is 20.2. The quantitative estimate of drug-likeness (QED) is 0.247. The second-order valence-electron chi connectivity index (χ2n) is 6.70. The van der Waals surface area contributed by atoms with Gasteiger partial charge in [0.2, 0.25) is 5.91 Å². The molecule has 0 aromatic carbocycles. The molecule has 1 amide bonds. The number of carbonyl (C=O) groups excluding carboxylic acids is 1. The van der Waals surface area contributed by atoms with Crippen molar-refractivity contribution in [1.29, 1.82) is 0 Å². The highest BCUT2D eigenvalue weighted by molar-refractivity contribution is 5.93. The molecule has 0 aromatic rings. The highest BCUT2D eigenvalue weighted by atomic mass is 16.4. The number of amides is 1. The van der Waals surface area contributed by atoms with Gasteiger partial charge in [-0.15, -0.1) is 0 Å². The summed E-state index contributed by atoms with van der Waals surface area (Å²) in [5, 5.41) is 19.6. The Hall–Kier alpha value is -1.85. The minimum Gasteiger partial charge on any atom is -0.481 e. The summed E-state index contributed by atoms with van der Waals surface area (Å²) in [6.45, 7) is 0.593. The van der Waals surface area contributed by atoms with E-state index in [1.54, 1.807) is 0 Å². The smallest absolute Gasteiger partial charge is 0.328 e. The van der Waals surface area contributed by atoms with Crippen molar-refractivity contribution in [2.75, 3.05) is 6.54 Å². The monoisotopic (exact) mass is 369 g/mol. The van der Waals surface area contributed by atoms with Crippen LogP contribution in [0.1, 0.15) is 89.9 Å². The third-order valence-corrected chi connectivity index (χ3v) is 4.24. The van der Waals surface area contributed by atoms with Gasteiger partial charge in [-0.1, -0.05) is 70.6 Å². The largest absolute Gasteiger partial charge is 0.481 e. The van der Waals surface area contributed by atoms with Crippen molar-refractivity contribution in [2.45, 2.75) is 89.9 Å². The van der Waals surface area contributed by atoms with E-state index < -0.39 is 11.9 Å². The van der Waals surface area contributed by atoms with Crippen LogP contribution in [0, 0.1) is 0 Å². The molecule has 0 rings (SSSR count). The fourth-order valence-corrected chi connectivity index (χ4v) is 2.76. The second kappa shape index (κ2) is 18.0. The summed E-state index contributed by atoms with van der Waals surface area (Å²) in [6.07, 6.45) is 17.1. The van der Waals surface area contributed by atoms with Crippen LogP contribution < -0.4 is 5.32 Å². The van der Waals surface area contributed by atoms with E-state index in [0.29, 0.717) is 13.0 Å². The van der Waals surface area contributed by atoms with Crippen molar-refractivity contribution in [3.05, 3.63) is 12.2 Å². The molecule has 0 saturated carbocycles. The number of unbranched alkanes of at least 4 members (excludes halogenated alkanes) is 12. The first-order valence-electron chi connectivity index (χ1n) is 9.93. The zero-order chi connectivity index (χ0) is 19.5. The molecule has 0 aromatic heterocycles. The van der Waals surface area contributed by atoms with Crippen LogP contribution in [-0.4, -0.2) is 34.6 Å². The van der Waals surface area contributed by atoms with Gasteiger partial charge in [0.05, 0.1) is 0 Å². The minimum atomic E-state index is -1.11. The third-order valence-electron chi connectivity index (χ3n) is 4.24. The molecule has 0 radical (unpaired) electrons. The number of carboxylic acids is 2. The van der Waals surface area contributed by atoms with Gasteiger partial charge in [-0.25, -0.2) is 4.79 Å². The summed E-state index contributed by atoms with van der Waals surface area (Å²) in [6, 6.07) is 0. The molecular weight excluding hydrogens is 334 g/mol. The van der Waals surface area contributed by atoms with Gasteiger partial charge in [0, 0.05) is 25.1 Å². The highest BCUT2D eigenvalue weighted by Gasteiger charge is 1.98. The Morgan fingerprint density at radius 1 is 0.615 bits per heavy atom.